The molecule has 1 heterocycles. The number of rotatable bonds is 2. The minimum atomic E-state index is 0.0590. The predicted molar refractivity (Wildman–Crippen MR) is 75.5 cm³/mol. The largest absolute Gasteiger partial charge is 0.390 e. The van der Waals surface area contributed by atoms with E-state index in [-0.39, 0.29) is 6.61 Å². The quantitative estimate of drug-likeness (QED) is 0.916. The second-order valence-corrected chi connectivity index (χ2v) is 5.92. The Morgan fingerprint density at radius 3 is 2.78 bits per heavy atom. The number of fused-ring (bicyclic) bond motifs is 1. The normalized spacial score (nSPS) is 17.4. The summed E-state index contributed by atoms with van der Waals surface area (Å²) in [5.74, 6) is 0. The van der Waals surface area contributed by atoms with Gasteiger partial charge in [0.25, 0.3) is 0 Å². The number of hydrogen-bond donors (Lipinski definition) is 1. The van der Waals surface area contributed by atoms with Crippen molar-refractivity contribution in [2.24, 2.45) is 0 Å². The molecule has 1 aromatic heterocycles. The summed E-state index contributed by atoms with van der Waals surface area (Å²) >= 11 is 3.48. The fourth-order valence-corrected chi connectivity index (χ4v) is 3.27. The van der Waals surface area contributed by atoms with Crippen molar-refractivity contribution < 1.29 is 5.11 Å². The Bertz CT molecular complexity index is 558. The molecule has 1 N–H and O–H groups in total. The number of benzene rings is 1. The van der Waals surface area contributed by atoms with Crippen LogP contribution in [0.25, 0.3) is 10.9 Å². The van der Waals surface area contributed by atoms with Gasteiger partial charge in [-0.2, -0.15) is 5.10 Å². The third kappa shape index (κ3) is 2.08. The first-order valence-corrected chi connectivity index (χ1v) is 7.36. The van der Waals surface area contributed by atoms with E-state index in [1.807, 2.05) is 18.2 Å². The molecule has 0 unspecified atom stereocenters. The van der Waals surface area contributed by atoms with E-state index in [0.29, 0.717) is 6.04 Å². The highest BCUT2D eigenvalue weighted by Crippen LogP contribution is 2.32. The second kappa shape index (κ2) is 5.02. The van der Waals surface area contributed by atoms with Crippen LogP contribution in [0.4, 0.5) is 0 Å². The Kier molecular flexibility index (Phi) is 3.39. The lowest BCUT2D eigenvalue weighted by Gasteiger charge is -2.23. The maximum Gasteiger partial charge on any atom is 0.0928 e. The topological polar surface area (TPSA) is 38.1 Å². The van der Waals surface area contributed by atoms with Gasteiger partial charge < -0.3 is 5.11 Å². The summed E-state index contributed by atoms with van der Waals surface area (Å²) in [5, 5.41) is 15.4. The van der Waals surface area contributed by atoms with Gasteiger partial charge in [0, 0.05) is 9.86 Å². The number of aliphatic hydroxyl groups excluding tert-OH is 1. The van der Waals surface area contributed by atoms with Crippen molar-refractivity contribution >= 4 is 26.8 Å². The number of halogens is 1. The molecule has 4 heteroatoms. The summed E-state index contributed by atoms with van der Waals surface area (Å²) in [5.41, 5.74) is 1.94. The summed E-state index contributed by atoms with van der Waals surface area (Å²) in [6.07, 6.45) is 6.24. The summed E-state index contributed by atoms with van der Waals surface area (Å²) in [4.78, 5) is 0. The first kappa shape index (κ1) is 12.2. The van der Waals surface area contributed by atoms with Crippen LogP contribution in [-0.2, 0) is 6.61 Å². The van der Waals surface area contributed by atoms with E-state index in [4.69, 9.17) is 0 Å². The lowest BCUT2D eigenvalue weighted by atomic mass is 9.95. The lowest BCUT2D eigenvalue weighted by Crippen LogP contribution is -2.16. The highest BCUT2D eigenvalue weighted by Gasteiger charge is 2.20. The Morgan fingerprint density at radius 2 is 2.06 bits per heavy atom. The minimum absolute atomic E-state index is 0.0590. The molecule has 1 aromatic carbocycles. The van der Waals surface area contributed by atoms with Gasteiger partial charge >= 0.3 is 0 Å². The van der Waals surface area contributed by atoms with E-state index in [0.717, 1.165) is 21.1 Å². The van der Waals surface area contributed by atoms with E-state index in [9.17, 15) is 5.11 Å². The summed E-state index contributed by atoms with van der Waals surface area (Å²) in [7, 11) is 0. The van der Waals surface area contributed by atoms with Crippen molar-refractivity contribution in [2.75, 3.05) is 0 Å². The molecule has 0 bridgehead atoms. The molecule has 0 spiro atoms. The molecule has 1 aliphatic carbocycles. The smallest absolute Gasteiger partial charge is 0.0928 e. The van der Waals surface area contributed by atoms with Gasteiger partial charge in [0.2, 0.25) is 0 Å². The maximum atomic E-state index is 9.65. The van der Waals surface area contributed by atoms with Gasteiger partial charge in [-0.05, 0) is 31.0 Å². The van der Waals surface area contributed by atoms with Gasteiger partial charge in [0.05, 0.1) is 23.9 Å². The Balaban J connectivity index is 2.10. The van der Waals surface area contributed by atoms with Gasteiger partial charge in [0.1, 0.15) is 0 Å². The van der Waals surface area contributed by atoms with Crippen molar-refractivity contribution in [3.05, 3.63) is 28.4 Å². The van der Waals surface area contributed by atoms with Crippen LogP contribution >= 0.6 is 15.9 Å². The third-order valence-corrected chi connectivity index (χ3v) is 4.33. The number of nitrogens with zero attached hydrogens (tertiary/aromatic N) is 2. The van der Waals surface area contributed by atoms with Crippen LogP contribution in [0.3, 0.4) is 0 Å². The van der Waals surface area contributed by atoms with Crippen LogP contribution in [-0.4, -0.2) is 14.9 Å². The summed E-state index contributed by atoms with van der Waals surface area (Å²) in [6.45, 7) is 0.0590. The van der Waals surface area contributed by atoms with Crippen molar-refractivity contribution in [2.45, 2.75) is 44.8 Å². The molecule has 0 aliphatic heterocycles. The average molecular weight is 309 g/mol. The van der Waals surface area contributed by atoms with Gasteiger partial charge in [-0.15, -0.1) is 0 Å². The molecule has 1 fully saturated rings. The van der Waals surface area contributed by atoms with E-state index < -0.39 is 0 Å². The molecule has 0 atom stereocenters. The van der Waals surface area contributed by atoms with Crippen LogP contribution < -0.4 is 0 Å². The van der Waals surface area contributed by atoms with Gasteiger partial charge in [-0.1, -0.05) is 35.2 Å². The fourth-order valence-electron chi connectivity index (χ4n) is 2.91. The molecular weight excluding hydrogens is 292 g/mol. The fraction of sp³-hybridized carbons (Fsp3) is 0.500. The van der Waals surface area contributed by atoms with Crippen LogP contribution in [0.1, 0.15) is 43.8 Å². The zero-order valence-corrected chi connectivity index (χ0v) is 11.9. The molecule has 0 radical (unpaired) electrons. The average Bonchev–Trinajstić information content (AvgIpc) is 2.77. The van der Waals surface area contributed by atoms with Crippen molar-refractivity contribution in [3.63, 3.8) is 0 Å². The monoisotopic (exact) mass is 308 g/mol. The lowest BCUT2D eigenvalue weighted by molar-refractivity contribution is 0.250. The van der Waals surface area contributed by atoms with E-state index in [1.54, 1.807) is 0 Å². The zero-order chi connectivity index (χ0) is 12.5. The molecule has 2 aromatic rings. The Morgan fingerprint density at radius 1 is 1.28 bits per heavy atom. The third-order valence-electron chi connectivity index (χ3n) is 3.83. The maximum absolute atomic E-state index is 9.65. The molecule has 3 rings (SSSR count). The standard InChI is InChI=1S/C14H17BrN2O/c15-10-6-7-13-12(8-10)14(9-18)17(16-13)11-4-2-1-3-5-11/h6-8,11,18H,1-5,9H2. The van der Waals surface area contributed by atoms with Crippen LogP contribution in [0.2, 0.25) is 0 Å². The SMILES string of the molecule is OCc1c2cc(Br)ccc2nn1C1CCCCC1. The predicted octanol–water partition coefficient (Wildman–Crippen LogP) is 3.80. The van der Waals surface area contributed by atoms with Crippen LogP contribution in [0.15, 0.2) is 22.7 Å². The van der Waals surface area contributed by atoms with Gasteiger partial charge in [-0.3, -0.25) is 4.68 Å². The van der Waals surface area contributed by atoms with E-state index in [2.05, 4.69) is 25.7 Å². The first-order chi connectivity index (χ1) is 8.79. The molecular formula is C14H17BrN2O. The molecule has 1 aliphatic rings. The number of hydrogen-bond acceptors (Lipinski definition) is 2. The Labute approximate surface area is 115 Å². The van der Waals surface area contributed by atoms with Crippen LogP contribution in [0.5, 0.6) is 0 Å². The van der Waals surface area contributed by atoms with Gasteiger partial charge in [0.15, 0.2) is 0 Å². The minimum Gasteiger partial charge on any atom is -0.390 e. The highest BCUT2D eigenvalue weighted by molar-refractivity contribution is 9.10. The Hall–Kier alpha value is -0.870. The van der Waals surface area contributed by atoms with Crippen molar-refractivity contribution in [1.29, 1.82) is 0 Å². The molecule has 0 amide bonds. The van der Waals surface area contributed by atoms with Gasteiger partial charge in [-0.25, -0.2) is 0 Å². The molecule has 3 nitrogen and oxygen atoms in total. The second-order valence-electron chi connectivity index (χ2n) is 5.00. The van der Waals surface area contributed by atoms with E-state index >= 15 is 0 Å². The summed E-state index contributed by atoms with van der Waals surface area (Å²) < 4.78 is 3.10. The number of aliphatic hydroxyl groups is 1. The molecule has 0 saturated heterocycles. The van der Waals surface area contributed by atoms with E-state index in [1.165, 1.54) is 32.1 Å². The highest BCUT2D eigenvalue weighted by atomic mass is 79.9. The molecule has 96 valence electrons. The number of aromatic nitrogens is 2. The van der Waals surface area contributed by atoms with Crippen molar-refractivity contribution in [1.82, 2.24) is 9.78 Å². The first-order valence-electron chi connectivity index (χ1n) is 6.57. The van der Waals surface area contributed by atoms with Crippen LogP contribution in [0, 0.1) is 0 Å². The summed E-state index contributed by atoms with van der Waals surface area (Å²) in [6, 6.07) is 6.53. The zero-order valence-electron chi connectivity index (χ0n) is 10.3. The molecule has 1 saturated carbocycles. The van der Waals surface area contributed by atoms with Crippen molar-refractivity contribution in [3.8, 4) is 0 Å². The molecule has 18 heavy (non-hydrogen) atoms.